The van der Waals surface area contributed by atoms with Gasteiger partial charge in [-0.1, -0.05) is 47.5 Å². The monoisotopic (exact) mass is 539 g/mol. The highest BCUT2D eigenvalue weighted by Crippen LogP contribution is 2.31. The van der Waals surface area contributed by atoms with Crippen LogP contribution >= 0.6 is 23.2 Å². The molecule has 4 heterocycles. The van der Waals surface area contributed by atoms with Gasteiger partial charge in [0.1, 0.15) is 0 Å². The molecule has 6 rings (SSSR count). The number of nitrogens with zero attached hydrogens (tertiary/aromatic N) is 6. The highest BCUT2D eigenvalue weighted by atomic mass is 35.5. The van der Waals surface area contributed by atoms with E-state index in [1.165, 1.54) is 0 Å². The normalized spacial score (nSPS) is 20.4. The molecule has 2 atom stereocenters. The Balaban J connectivity index is 1.33. The molecule has 0 saturated carbocycles. The molecule has 0 spiro atoms. The number of benzene rings is 2. The Kier molecular flexibility index (Phi) is 6.86. The van der Waals surface area contributed by atoms with Crippen molar-refractivity contribution in [2.75, 3.05) is 37.0 Å². The van der Waals surface area contributed by atoms with Crippen molar-refractivity contribution < 1.29 is 9.47 Å². The lowest BCUT2D eigenvalue weighted by atomic mass is 10.0. The van der Waals surface area contributed by atoms with Crippen LogP contribution in [0.1, 0.15) is 31.1 Å². The Hall–Kier alpha value is -2.98. The van der Waals surface area contributed by atoms with Gasteiger partial charge in [-0.15, -0.1) is 0 Å². The number of aromatic nitrogens is 5. The van der Waals surface area contributed by atoms with E-state index in [0.29, 0.717) is 48.0 Å². The van der Waals surface area contributed by atoms with Crippen molar-refractivity contribution in [1.29, 1.82) is 0 Å². The third kappa shape index (κ3) is 4.96. The van der Waals surface area contributed by atoms with Gasteiger partial charge in [-0.05, 0) is 43.4 Å². The van der Waals surface area contributed by atoms with Crippen LogP contribution < -0.4 is 10.6 Å². The fourth-order valence-electron chi connectivity index (χ4n) is 5.01. The smallest absolute Gasteiger partial charge is 0.231 e. The Morgan fingerprint density at radius 2 is 1.97 bits per heavy atom. The van der Waals surface area contributed by atoms with Crippen molar-refractivity contribution in [2.45, 2.75) is 38.0 Å². The summed E-state index contributed by atoms with van der Waals surface area (Å²) in [6.07, 6.45) is 5.59. The third-order valence-corrected chi connectivity index (χ3v) is 7.76. The third-order valence-electron chi connectivity index (χ3n) is 6.90. The van der Waals surface area contributed by atoms with Gasteiger partial charge in [-0.25, -0.2) is 4.68 Å². The van der Waals surface area contributed by atoms with Crippen LogP contribution in [0.2, 0.25) is 10.0 Å². The van der Waals surface area contributed by atoms with Crippen LogP contribution in [0, 0.1) is 0 Å². The first-order chi connectivity index (χ1) is 18.1. The summed E-state index contributed by atoms with van der Waals surface area (Å²) in [4.78, 5) is 15.9. The maximum atomic E-state index is 6.48. The summed E-state index contributed by atoms with van der Waals surface area (Å²) < 4.78 is 13.7. The summed E-state index contributed by atoms with van der Waals surface area (Å²) in [5, 5.41) is 6.71. The molecule has 0 bridgehead atoms. The van der Waals surface area contributed by atoms with Crippen molar-refractivity contribution in [3.63, 3.8) is 0 Å². The van der Waals surface area contributed by atoms with Crippen LogP contribution in [0.15, 0.2) is 42.6 Å². The molecule has 2 aromatic carbocycles. The molecule has 2 saturated heterocycles. The molecule has 4 aromatic rings. The van der Waals surface area contributed by atoms with Gasteiger partial charge in [0.2, 0.25) is 11.9 Å². The first kappa shape index (κ1) is 24.4. The van der Waals surface area contributed by atoms with Crippen LogP contribution in [0.3, 0.4) is 0 Å². The number of rotatable bonds is 5. The minimum absolute atomic E-state index is 0.0354. The molecule has 2 aliphatic heterocycles. The number of ether oxygens (including phenoxy) is 2. The lowest BCUT2D eigenvalue weighted by Crippen LogP contribution is -2.47. The van der Waals surface area contributed by atoms with E-state index in [2.05, 4.69) is 20.0 Å². The maximum absolute atomic E-state index is 6.48. The first-order valence-corrected chi connectivity index (χ1v) is 13.2. The molecule has 37 heavy (non-hydrogen) atoms. The van der Waals surface area contributed by atoms with E-state index in [-0.39, 0.29) is 18.2 Å². The van der Waals surface area contributed by atoms with Gasteiger partial charge in [-0.3, -0.25) is 0 Å². The average Bonchev–Trinajstić information content (AvgIpc) is 3.35. The number of nitrogens with two attached hydrogens (primary N) is 1. The minimum Gasteiger partial charge on any atom is -0.377 e. The van der Waals surface area contributed by atoms with Gasteiger partial charge in [0, 0.05) is 24.1 Å². The Bertz CT molecular complexity index is 1420. The number of fused-ring (bicyclic) bond motifs is 1. The van der Waals surface area contributed by atoms with Crippen LogP contribution in [-0.4, -0.2) is 57.1 Å². The fraction of sp³-hybridized carbons (Fsp3) is 0.385. The molecule has 0 amide bonds. The van der Waals surface area contributed by atoms with Crippen LogP contribution in [0.5, 0.6) is 0 Å². The number of anilines is 2. The predicted octanol–water partition coefficient (Wildman–Crippen LogP) is 4.92. The Morgan fingerprint density at radius 1 is 1.05 bits per heavy atom. The van der Waals surface area contributed by atoms with Gasteiger partial charge >= 0.3 is 0 Å². The standard InChI is InChI=1S/C26H27Cl2N7O2/c27-20-5-3-4-16(23(20)28)12-19-15-36-11-9-34(19)26-32-24(31-25(29)33-26)17-7-8-18-14-30-35(21(18)13-17)22-6-1-2-10-37-22/h3-5,7-8,13-14,19,22H,1-2,6,9-12,15H2,(H2,29,31,32,33). The minimum atomic E-state index is -0.0621. The molecule has 2 N–H and O–H groups in total. The van der Waals surface area contributed by atoms with Gasteiger partial charge in [0.15, 0.2) is 12.1 Å². The lowest BCUT2D eigenvalue weighted by Gasteiger charge is -2.36. The van der Waals surface area contributed by atoms with E-state index < -0.39 is 0 Å². The van der Waals surface area contributed by atoms with E-state index in [0.717, 1.165) is 47.9 Å². The SMILES string of the molecule is Nc1nc(-c2ccc3cnn(C4CCCCO4)c3c2)nc(N2CCOCC2Cc2cccc(Cl)c2Cl)n1. The zero-order valence-electron chi connectivity index (χ0n) is 20.2. The number of hydrogen-bond donors (Lipinski definition) is 1. The summed E-state index contributed by atoms with van der Waals surface area (Å²) in [7, 11) is 0. The molecule has 192 valence electrons. The quantitative estimate of drug-likeness (QED) is 0.380. The van der Waals surface area contributed by atoms with Gasteiger partial charge in [0.25, 0.3) is 0 Å². The summed E-state index contributed by atoms with van der Waals surface area (Å²) >= 11 is 12.7. The van der Waals surface area contributed by atoms with E-state index in [1.807, 2.05) is 41.2 Å². The molecule has 2 aromatic heterocycles. The maximum Gasteiger partial charge on any atom is 0.231 e. The van der Waals surface area contributed by atoms with E-state index in [9.17, 15) is 0 Å². The molecular formula is C26H27Cl2N7O2. The van der Waals surface area contributed by atoms with Crippen LogP contribution in [0.25, 0.3) is 22.3 Å². The second-order valence-corrected chi connectivity index (χ2v) is 10.1. The summed E-state index contributed by atoms with van der Waals surface area (Å²) in [5.41, 5.74) is 8.95. The zero-order valence-corrected chi connectivity index (χ0v) is 21.7. The number of nitrogen functional groups attached to an aromatic ring is 1. The highest BCUT2D eigenvalue weighted by Gasteiger charge is 2.28. The molecule has 2 fully saturated rings. The van der Waals surface area contributed by atoms with Crippen molar-refractivity contribution in [1.82, 2.24) is 24.7 Å². The van der Waals surface area contributed by atoms with Crippen LogP contribution in [-0.2, 0) is 15.9 Å². The largest absolute Gasteiger partial charge is 0.377 e. The molecule has 11 heteroatoms. The highest BCUT2D eigenvalue weighted by molar-refractivity contribution is 6.42. The van der Waals surface area contributed by atoms with E-state index in [1.54, 1.807) is 6.07 Å². The van der Waals surface area contributed by atoms with Crippen molar-refractivity contribution in [2.24, 2.45) is 0 Å². The Labute approximate surface area is 224 Å². The van der Waals surface area contributed by atoms with E-state index >= 15 is 0 Å². The summed E-state index contributed by atoms with van der Waals surface area (Å²) in [5.74, 6) is 1.18. The first-order valence-electron chi connectivity index (χ1n) is 12.4. The van der Waals surface area contributed by atoms with Crippen molar-refractivity contribution >= 4 is 46.0 Å². The topological polar surface area (TPSA) is 104 Å². The van der Waals surface area contributed by atoms with Crippen molar-refractivity contribution in [3.8, 4) is 11.4 Å². The molecule has 2 unspecified atom stereocenters. The summed E-state index contributed by atoms with van der Waals surface area (Å²) in [6.45, 7) is 2.44. The second kappa shape index (κ2) is 10.4. The second-order valence-electron chi connectivity index (χ2n) is 9.34. The van der Waals surface area contributed by atoms with Gasteiger partial charge in [-0.2, -0.15) is 20.1 Å². The number of morpholine rings is 1. The zero-order chi connectivity index (χ0) is 25.4. The van der Waals surface area contributed by atoms with Gasteiger partial charge in [0.05, 0.1) is 41.0 Å². The van der Waals surface area contributed by atoms with E-state index in [4.69, 9.17) is 43.4 Å². The number of hydrogen-bond acceptors (Lipinski definition) is 8. The molecule has 2 aliphatic rings. The lowest BCUT2D eigenvalue weighted by molar-refractivity contribution is -0.0366. The Morgan fingerprint density at radius 3 is 2.84 bits per heavy atom. The average molecular weight is 540 g/mol. The molecular weight excluding hydrogens is 513 g/mol. The fourth-order valence-corrected chi connectivity index (χ4v) is 5.41. The molecule has 9 nitrogen and oxygen atoms in total. The number of halogens is 2. The molecule has 0 aliphatic carbocycles. The van der Waals surface area contributed by atoms with Crippen molar-refractivity contribution in [3.05, 3.63) is 58.2 Å². The predicted molar refractivity (Wildman–Crippen MR) is 144 cm³/mol. The molecule has 0 radical (unpaired) electrons. The van der Waals surface area contributed by atoms with Gasteiger partial charge < -0.3 is 20.1 Å². The summed E-state index contributed by atoms with van der Waals surface area (Å²) in [6, 6.07) is 11.7. The van der Waals surface area contributed by atoms with Crippen LogP contribution in [0.4, 0.5) is 11.9 Å².